The Bertz CT molecular complexity index is 287. The summed E-state index contributed by atoms with van der Waals surface area (Å²) < 4.78 is 0. The normalized spacial score (nSPS) is 35.4. The number of hydrogen-bond acceptors (Lipinski definition) is 4. The zero-order valence-corrected chi connectivity index (χ0v) is 10.9. The molecule has 1 saturated heterocycles. The van der Waals surface area contributed by atoms with Gasteiger partial charge >= 0.3 is 0 Å². The zero-order valence-electron chi connectivity index (χ0n) is 10.9. The van der Waals surface area contributed by atoms with Gasteiger partial charge in [-0.1, -0.05) is 13.8 Å². The Morgan fingerprint density at radius 1 is 1.56 bits per heavy atom. The van der Waals surface area contributed by atoms with Crippen LogP contribution in [0.1, 0.15) is 27.2 Å². The van der Waals surface area contributed by atoms with Crippen molar-refractivity contribution < 1.29 is 0 Å². The monoisotopic (exact) mass is 224 g/mol. The molecule has 2 aliphatic rings. The van der Waals surface area contributed by atoms with Crippen molar-refractivity contribution in [2.24, 2.45) is 16.6 Å². The zero-order chi connectivity index (χ0) is 11.9. The summed E-state index contributed by atoms with van der Waals surface area (Å²) >= 11 is 0. The lowest BCUT2D eigenvalue weighted by atomic mass is 9.94. The highest BCUT2D eigenvalue weighted by Gasteiger charge is 2.48. The number of guanidine groups is 1. The average Bonchev–Trinajstić information content (AvgIpc) is 2.62. The molecule has 2 atom stereocenters. The maximum atomic E-state index is 6.03. The molecule has 0 aromatic rings. The van der Waals surface area contributed by atoms with E-state index in [0.29, 0.717) is 12.0 Å². The number of rotatable bonds is 2. The maximum absolute atomic E-state index is 6.03. The molecule has 16 heavy (non-hydrogen) atoms. The fraction of sp³-hybridized carbons (Fsp3) is 0.917. The molecule has 0 aromatic heterocycles. The highest BCUT2D eigenvalue weighted by molar-refractivity contribution is 5.81. The van der Waals surface area contributed by atoms with E-state index in [-0.39, 0.29) is 5.54 Å². The fourth-order valence-corrected chi connectivity index (χ4v) is 2.99. The van der Waals surface area contributed by atoms with E-state index in [0.717, 1.165) is 25.6 Å². The molecule has 4 nitrogen and oxygen atoms in total. The predicted molar refractivity (Wildman–Crippen MR) is 67.5 cm³/mol. The second-order valence-electron chi connectivity index (χ2n) is 5.87. The summed E-state index contributed by atoms with van der Waals surface area (Å²) in [5, 5.41) is 0. The van der Waals surface area contributed by atoms with Gasteiger partial charge in [0, 0.05) is 19.1 Å². The first-order valence-corrected chi connectivity index (χ1v) is 6.22. The van der Waals surface area contributed by atoms with Crippen LogP contribution in [0, 0.1) is 5.92 Å². The molecule has 0 amide bonds. The van der Waals surface area contributed by atoms with Gasteiger partial charge in [-0.2, -0.15) is 0 Å². The van der Waals surface area contributed by atoms with E-state index in [2.05, 4.69) is 42.6 Å². The lowest BCUT2D eigenvalue weighted by Gasteiger charge is -2.37. The van der Waals surface area contributed by atoms with Crippen molar-refractivity contribution in [2.75, 3.05) is 26.7 Å². The third kappa shape index (κ3) is 1.79. The highest BCUT2D eigenvalue weighted by Crippen LogP contribution is 2.35. The van der Waals surface area contributed by atoms with Gasteiger partial charge in [0.1, 0.15) is 0 Å². The van der Waals surface area contributed by atoms with E-state index in [4.69, 9.17) is 5.73 Å². The number of likely N-dealkylation sites (tertiary alicyclic amines) is 1. The first-order chi connectivity index (χ1) is 7.44. The van der Waals surface area contributed by atoms with Gasteiger partial charge in [-0.25, -0.2) is 0 Å². The van der Waals surface area contributed by atoms with Gasteiger partial charge in [-0.3, -0.25) is 4.99 Å². The minimum absolute atomic E-state index is 0.183. The van der Waals surface area contributed by atoms with E-state index < -0.39 is 0 Å². The summed E-state index contributed by atoms with van der Waals surface area (Å²) in [5.74, 6) is 1.38. The summed E-state index contributed by atoms with van der Waals surface area (Å²) in [6.45, 7) is 9.75. The van der Waals surface area contributed by atoms with E-state index in [1.54, 1.807) is 0 Å². The molecule has 0 saturated carbocycles. The van der Waals surface area contributed by atoms with Crippen LogP contribution < -0.4 is 5.73 Å². The van der Waals surface area contributed by atoms with Crippen LogP contribution in [0.2, 0.25) is 0 Å². The number of nitrogens with zero attached hydrogens (tertiary/aromatic N) is 3. The van der Waals surface area contributed by atoms with Gasteiger partial charge < -0.3 is 15.5 Å². The molecule has 4 heteroatoms. The van der Waals surface area contributed by atoms with Crippen LogP contribution in [-0.4, -0.2) is 54.0 Å². The Morgan fingerprint density at radius 2 is 2.25 bits per heavy atom. The molecule has 92 valence electrons. The third-order valence-corrected chi connectivity index (χ3v) is 3.90. The van der Waals surface area contributed by atoms with Crippen molar-refractivity contribution >= 4 is 5.96 Å². The van der Waals surface area contributed by atoms with Gasteiger partial charge in [0.05, 0.1) is 12.1 Å². The Morgan fingerprint density at radius 3 is 2.75 bits per heavy atom. The smallest absolute Gasteiger partial charge is 0.191 e. The summed E-state index contributed by atoms with van der Waals surface area (Å²) in [6.07, 6.45) is 1.18. The van der Waals surface area contributed by atoms with Gasteiger partial charge in [-0.15, -0.1) is 0 Å². The third-order valence-electron chi connectivity index (χ3n) is 3.90. The van der Waals surface area contributed by atoms with E-state index in [9.17, 15) is 0 Å². The number of nitrogens with two attached hydrogens (primary N) is 1. The molecule has 0 bridgehead atoms. The predicted octanol–water partition coefficient (Wildman–Crippen LogP) is 0.736. The molecule has 2 N–H and O–H groups in total. The van der Waals surface area contributed by atoms with Crippen molar-refractivity contribution in [3.63, 3.8) is 0 Å². The second kappa shape index (κ2) is 3.91. The number of aliphatic imine (C=N–C) groups is 1. The summed E-state index contributed by atoms with van der Waals surface area (Å²) in [5.41, 5.74) is 6.21. The quantitative estimate of drug-likeness (QED) is 0.752. The van der Waals surface area contributed by atoms with Gasteiger partial charge in [0.25, 0.3) is 0 Å². The molecule has 2 heterocycles. The standard InChI is InChI=1S/C12H24N4/c1-9(2)6-16-11(13)14-7-12(16)5-10(3)15(4)8-12/h9-10H,5-8H2,1-4H3,(H2,13,14). The first-order valence-electron chi connectivity index (χ1n) is 6.22. The molecule has 1 fully saturated rings. The van der Waals surface area contributed by atoms with Gasteiger partial charge in [0.15, 0.2) is 5.96 Å². The van der Waals surface area contributed by atoms with E-state index >= 15 is 0 Å². The lowest BCUT2D eigenvalue weighted by molar-refractivity contribution is 0.187. The Labute approximate surface area is 98.5 Å². The van der Waals surface area contributed by atoms with Crippen LogP contribution in [0.5, 0.6) is 0 Å². The maximum Gasteiger partial charge on any atom is 0.191 e. The lowest BCUT2D eigenvalue weighted by Crippen LogP contribution is -2.54. The van der Waals surface area contributed by atoms with Crippen LogP contribution >= 0.6 is 0 Å². The SMILES string of the molecule is CC(C)CN1C(N)=NCC12CC(C)N(C)C2. The van der Waals surface area contributed by atoms with Crippen molar-refractivity contribution in [1.82, 2.24) is 9.80 Å². The molecule has 0 aromatic carbocycles. The Kier molecular flexibility index (Phi) is 2.86. The van der Waals surface area contributed by atoms with Crippen molar-refractivity contribution in [1.29, 1.82) is 0 Å². The number of hydrogen-bond donors (Lipinski definition) is 1. The fourth-order valence-electron chi connectivity index (χ4n) is 2.99. The highest BCUT2D eigenvalue weighted by atomic mass is 15.4. The molecule has 0 aliphatic carbocycles. The molecule has 2 aliphatic heterocycles. The minimum Gasteiger partial charge on any atom is -0.370 e. The first kappa shape index (κ1) is 11.7. The number of likely N-dealkylation sites (N-methyl/N-ethyl adjacent to an activating group) is 1. The molecular weight excluding hydrogens is 200 g/mol. The second-order valence-corrected chi connectivity index (χ2v) is 5.87. The van der Waals surface area contributed by atoms with Crippen molar-refractivity contribution in [2.45, 2.75) is 38.8 Å². The summed E-state index contributed by atoms with van der Waals surface area (Å²) in [6, 6.07) is 0.635. The summed E-state index contributed by atoms with van der Waals surface area (Å²) in [7, 11) is 2.20. The van der Waals surface area contributed by atoms with Crippen molar-refractivity contribution in [3.05, 3.63) is 0 Å². The average molecular weight is 224 g/mol. The van der Waals surface area contributed by atoms with Crippen LogP contribution in [0.4, 0.5) is 0 Å². The molecule has 1 spiro atoms. The summed E-state index contributed by atoms with van der Waals surface area (Å²) in [4.78, 5) is 9.23. The van der Waals surface area contributed by atoms with Crippen LogP contribution in [0.25, 0.3) is 0 Å². The van der Waals surface area contributed by atoms with E-state index in [1.807, 2.05) is 0 Å². The van der Waals surface area contributed by atoms with Crippen LogP contribution in [-0.2, 0) is 0 Å². The molecular formula is C12H24N4. The van der Waals surface area contributed by atoms with Crippen molar-refractivity contribution in [3.8, 4) is 0 Å². The molecule has 2 rings (SSSR count). The van der Waals surface area contributed by atoms with Crippen LogP contribution in [0.15, 0.2) is 4.99 Å². The van der Waals surface area contributed by atoms with Gasteiger partial charge in [-0.05, 0) is 26.3 Å². The molecule has 2 unspecified atom stereocenters. The molecule has 0 radical (unpaired) electrons. The minimum atomic E-state index is 0.183. The van der Waals surface area contributed by atoms with E-state index in [1.165, 1.54) is 6.42 Å². The Hall–Kier alpha value is -0.770. The Balaban J connectivity index is 2.16. The van der Waals surface area contributed by atoms with Crippen LogP contribution in [0.3, 0.4) is 0 Å². The topological polar surface area (TPSA) is 44.9 Å². The largest absolute Gasteiger partial charge is 0.370 e. The van der Waals surface area contributed by atoms with Gasteiger partial charge in [0.2, 0.25) is 0 Å².